The Morgan fingerprint density at radius 3 is 2.46 bits per heavy atom. The summed E-state index contributed by atoms with van der Waals surface area (Å²) in [5, 5.41) is 0. The first-order valence-corrected chi connectivity index (χ1v) is 9.46. The minimum Gasteiger partial charge on any atom is -0.372 e. The highest BCUT2D eigenvalue weighted by atomic mass is 35.5. The van der Waals surface area contributed by atoms with E-state index in [1.54, 1.807) is 0 Å². The number of carbonyl (C=O) groups is 1. The topological polar surface area (TPSA) is 49.6 Å². The fourth-order valence-electron chi connectivity index (χ4n) is 3.44. The Hall–Kier alpha value is -0.970. The highest BCUT2D eigenvalue weighted by Crippen LogP contribution is 2.22. The molecule has 1 aliphatic rings. The predicted molar refractivity (Wildman–Crippen MR) is 116 cm³/mol. The Kier molecular flexibility index (Phi) is 12.0. The van der Waals surface area contributed by atoms with E-state index in [1.165, 1.54) is 18.5 Å². The van der Waals surface area contributed by atoms with Crippen molar-refractivity contribution in [2.75, 3.05) is 31.1 Å². The molecule has 2 N–H and O–H groups in total. The Morgan fingerprint density at radius 2 is 1.92 bits per heavy atom. The first-order valence-electron chi connectivity index (χ1n) is 9.46. The lowest BCUT2D eigenvalue weighted by atomic mass is 9.92. The van der Waals surface area contributed by atoms with Crippen LogP contribution in [0.25, 0.3) is 0 Å². The maximum Gasteiger partial charge on any atom is 0.253 e. The SMILES string of the molecule is CCCCN(CC)c1ccc(C(=O)N2CCCC(C(C)N)C2)cc1.Cl.Cl. The molecule has 1 fully saturated rings. The molecule has 2 unspecified atom stereocenters. The molecule has 150 valence electrons. The Bertz CT molecular complexity index is 522. The molecule has 0 saturated carbocycles. The standard InChI is InChI=1S/C20H33N3O.2ClH/c1-4-6-13-22(5-2)19-11-9-17(10-12-19)20(24)23-14-7-8-18(15-23)16(3)21;;/h9-12,16,18H,4-8,13-15,21H2,1-3H3;2*1H. The molecule has 0 radical (unpaired) electrons. The molecule has 1 aliphatic heterocycles. The second-order valence-electron chi connectivity index (χ2n) is 6.99. The van der Waals surface area contributed by atoms with Crippen molar-refractivity contribution in [3.8, 4) is 0 Å². The molecule has 1 saturated heterocycles. The van der Waals surface area contributed by atoms with Gasteiger partial charge in [-0.05, 0) is 63.3 Å². The maximum absolute atomic E-state index is 12.8. The molecule has 2 rings (SSSR count). The predicted octanol–water partition coefficient (Wildman–Crippen LogP) is 4.36. The quantitative estimate of drug-likeness (QED) is 0.735. The second-order valence-corrected chi connectivity index (χ2v) is 6.99. The number of nitrogens with zero attached hydrogens (tertiary/aromatic N) is 2. The molecule has 0 bridgehead atoms. The molecule has 1 heterocycles. The normalized spacial score (nSPS) is 17.7. The molecule has 26 heavy (non-hydrogen) atoms. The summed E-state index contributed by atoms with van der Waals surface area (Å²) in [7, 11) is 0. The minimum atomic E-state index is 0. The van der Waals surface area contributed by atoms with Crippen molar-refractivity contribution in [3.63, 3.8) is 0 Å². The number of halogens is 2. The van der Waals surface area contributed by atoms with Crippen LogP contribution in [0.1, 0.15) is 56.8 Å². The number of amides is 1. The van der Waals surface area contributed by atoms with Gasteiger partial charge in [-0.2, -0.15) is 0 Å². The smallest absolute Gasteiger partial charge is 0.253 e. The number of rotatable bonds is 7. The van der Waals surface area contributed by atoms with Crippen molar-refractivity contribution in [2.45, 2.75) is 52.5 Å². The molecule has 1 aromatic rings. The third-order valence-corrected chi connectivity index (χ3v) is 5.13. The largest absolute Gasteiger partial charge is 0.372 e. The zero-order valence-corrected chi connectivity index (χ0v) is 18.0. The summed E-state index contributed by atoms with van der Waals surface area (Å²) < 4.78 is 0. The fraction of sp³-hybridized carbons (Fsp3) is 0.650. The number of hydrogen-bond donors (Lipinski definition) is 1. The number of likely N-dealkylation sites (tertiary alicyclic amines) is 1. The number of benzene rings is 1. The van der Waals surface area contributed by atoms with Crippen LogP contribution in [0.2, 0.25) is 0 Å². The van der Waals surface area contributed by atoms with Gasteiger partial charge in [0.25, 0.3) is 5.91 Å². The van der Waals surface area contributed by atoms with Crippen molar-refractivity contribution < 1.29 is 4.79 Å². The van der Waals surface area contributed by atoms with E-state index in [0.717, 1.165) is 44.6 Å². The fourth-order valence-corrected chi connectivity index (χ4v) is 3.44. The van der Waals surface area contributed by atoms with Gasteiger partial charge in [0.2, 0.25) is 0 Å². The van der Waals surface area contributed by atoms with Crippen molar-refractivity contribution >= 4 is 36.4 Å². The Labute approximate surface area is 171 Å². The van der Waals surface area contributed by atoms with Gasteiger partial charge in [-0.25, -0.2) is 0 Å². The van der Waals surface area contributed by atoms with E-state index in [-0.39, 0.29) is 36.8 Å². The highest BCUT2D eigenvalue weighted by molar-refractivity contribution is 5.94. The van der Waals surface area contributed by atoms with Crippen molar-refractivity contribution in [2.24, 2.45) is 11.7 Å². The van der Waals surface area contributed by atoms with Crippen LogP contribution in [-0.4, -0.2) is 43.0 Å². The first-order chi connectivity index (χ1) is 11.6. The van der Waals surface area contributed by atoms with E-state index < -0.39 is 0 Å². The third kappa shape index (κ3) is 6.64. The lowest BCUT2D eigenvalue weighted by Crippen LogP contribution is -2.45. The summed E-state index contributed by atoms with van der Waals surface area (Å²) in [5.74, 6) is 0.565. The van der Waals surface area contributed by atoms with Crippen LogP contribution in [0.5, 0.6) is 0 Å². The summed E-state index contributed by atoms with van der Waals surface area (Å²) in [5.41, 5.74) is 8.02. The average Bonchev–Trinajstić information content (AvgIpc) is 2.62. The molecular weight excluding hydrogens is 369 g/mol. The lowest BCUT2D eigenvalue weighted by Gasteiger charge is -2.34. The molecule has 4 nitrogen and oxygen atoms in total. The monoisotopic (exact) mass is 403 g/mol. The zero-order chi connectivity index (χ0) is 17.5. The van der Waals surface area contributed by atoms with Crippen molar-refractivity contribution in [1.82, 2.24) is 4.90 Å². The van der Waals surface area contributed by atoms with Gasteiger partial charge in [0, 0.05) is 43.5 Å². The van der Waals surface area contributed by atoms with Gasteiger partial charge in [0.05, 0.1) is 0 Å². The van der Waals surface area contributed by atoms with Gasteiger partial charge in [-0.1, -0.05) is 13.3 Å². The van der Waals surface area contributed by atoms with E-state index in [2.05, 4.69) is 30.9 Å². The summed E-state index contributed by atoms with van der Waals surface area (Å²) >= 11 is 0. The van der Waals surface area contributed by atoms with Crippen LogP contribution in [0.4, 0.5) is 5.69 Å². The van der Waals surface area contributed by atoms with Gasteiger partial charge < -0.3 is 15.5 Å². The molecule has 2 atom stereocenters. The number of nitrogens with two attached hydrogens (primary N) is 1. The molecular formula is C20H35Cl2N3O. The van der Waals surface area contributed by atoms with Gasteiger partial charge >= 0.3 is 0 Å². The van der Waals surface area contributed by atoms with Crippen LogP contribution < -0.4 is 10.6 Å². The summed E-state index contributed by atoms with van der Waals surface area (Å²) in [4.78, 5) is 17.1. The molecule has 1 aromatic carbocycles. The number of carbonyl (C=O) groups excluding carboxylic acids is 1. The molecule has 0 aromatic heterocycles. The summed E-state index contributed by atoms with van der Waals surface area (Å²) in [6.45, 7) is 10.1. The number of anilines is 1. The van der Waals surface area contributed by atoms with E-state index in [0.29, 0.717) is 5.92 Å². The number of unbranched alkanes of at least 4 members (excludes halogenated alkanes) is 1. The number of hydrogen-bond acceptors (Lipinski definition) is 3. The van der Waals surface area contributed by atoms with E-state index in [1.807, 2.05) is 24.0 Å². The lowest BCUT2D eigenvalue weighted by molar-refractivity contribution is 0.0661. The van der Waals surface area contributed by atoms with Crippen LogP contribution >= 0.6 is 24.8 Å². The third-order valence-electron chi connectivity index (χ3n) is 5.13. The van der Waals surface area contributed by atoms with Crippen LogP contribution in [0.3, 0.4) is 0 Å². The maximum atomic E-state index is 12.8. The minimum absolute atomic E-state index is 0. The van der Waals surface area contributed by atoms with Gasteiger partial charge in [-0.3, -0.25) is 4.79 Å². The van der Waals surface area contributed by atoms with Crippen molar-refractivity contribution in [3.05, 3.63) is 29.8 Å². The zero-order valence-electron chi connectivity index (χ0n) is 16.3. The Morgan fingerprint density at radius 1 is 1.27 bits per heavy atom. The van der Waals surface area contributed by atoms with Gasteiger partial charge in [-0.15, -0.1) is 24.8 Å². The highest BCUT2D eigenvalue weighted by Gasteiger charge is 2.26. The van der Waals surface area contributed by atoms with Crippen LogP contribution in [0.15, 0.2) is 24.3 Å². The van der Waals surface area contributed by atoms with E-state index in [9.17, 15) is 4.79 Å². The van der Waals surface area contributed by atoms with Crippen molar-refractivity contribution in [1.29, 1.82) is 0 Å². The number of piperidine rings is 1. The molecule has 0 spiro atoms. The van der Waals surface area contributed by atoms with Crippen LogP contribution in [0, 0.1) is 5.92 Å². The average molecular weight is 404 g/mol. The molecule has 1 amide bonds. The second kappa shape index (κ2) is 12.4. The molecule has 6 heteroatoms. The van der Waals surface area contributed by atoms with Gasteiger partial charge in [0.15, 0.2) is 0 Å². The first kappa shape index (κ1) is 25.0. The van der Waals surface area contributed by atoms with Crippen LogP contribution in [-0.2, 0) is 0 Å². The summed E-state index contributed by atoms with van der Waals surface area (Å²) in [6.07, 6.45) is 4.57. The van der Waals surface area contributed by atoms with Gasteiger partial charge in [0.1, 0.15) is 0 Å². The van der Waals surface area contributed by atoms with E-state index in [4.69, 9.17) is 5.73 Å². The molecule has 0 aliphatic carbocycles. The van der Waals surface area contributed by atoms with E-state index >= 15 is 0 Å². The Balaban J connectivity index is 0.00000312. The summed E-state index contributed by atoms with van der Waals surface area (Å²) in [6, 6.07) is 8.27.